The van der Waals surface area contributed by atoms with Crippen LogP contribution < -0.4 is 9.64 Å². The van der Waals surface area contributed by atoms with Crippen LogP contribution in [0, 0.1) is 20.8 Å². The summed E-state index contributed by atoms with van der Waals surface area (Å²) in [7, 11) is 0. The molecule has 0 N–H and O–H groups in total. The molecule has 0 aliphatic carbocycles. The van der Waals surface area contributed by atoms with Crippen LogP contribution in [0.2, 0.25) is 0 Å². The summed E-state index contributed by atoms with van der Waals surface area (Å²) in [6.45, 7) is 8.18. The Balaban J connectivity index is 1.44. The van der Waals surface area contributed by atoms with Crippen LogP contribution >= 0.6 is 0 Å². The van der Waals surface area contributed by atoms with Crippen LogP contribution in [0.1, 0.15) is 27.7 Å². The molecule has 0 atom stereocenters. The van der Waals surface area contributed by atoms with Gasteiger partial charge in [-0.25, -0.2) is 4.98 Å². The van der Waals surface area contributed by atoms with Gasteiger partial charge in [-0.3, -0.25) is 4.79 Å². The van der Waals surface area contributed by atoms with Gasteiger partial charge in [-0.15, -0.1) is 0 Å². The van der Waals surface area contributed by atoms with Gasteiger partial charge in [0.2, 0.25) is 5.88 Å². The summed E-state index contributed by atoms with van der Waals surface area (Å²) in [5.41, 5.74) is 0.646. The smallest absolute Gasteiger partial charge is 0.257 e. The zero-order valence-corrected chi connectivity index (χ0v) is 16.9. The number of rotatable bonds is 4. The van der Waals surface area contributed by atoms with Gasteiger partial charge in [0.05, 0.1) is 5.56 Å². The topological polar surface area (TPSA) is 71.7 Å². The van der Waals surface area contributed by atoms with E-state index in [1.165, 1.54) is 0 Å². The average molecular weight is 392 g/mol. The number of aryl methyl sites for hydroxylation is 3. The Bertz CT molecular complexity index is 1010. The highest BCUT2D eigenvalue weighted by Crippen LogP contribution is 2.24. The lowest BCUT2D eigenvalue weighted by Gasteiger charge is -2.35. The predicted octanol–water partition coefficient (Wildman–Crippen LogP) is 3.75. The van der Waals surface area contributed by atoms with Crippen molar-refractivity contribution in [2.75, 3.05) is 31.1 Å². The molecule has 1 aliphatic heterocycles. The summed E-state index contributed by atoms with van der Waals surface area (Å²) in [5.74, 6) is 4.16. The SMILES string of the molecule is Cc1nc(Oc2ccccc2)cc(N2CCN(C(=O)c3cc(C)oc3C)CC2)n1. The van der Waals surface area contributed by atoms with E-state index in [-0.39, 0.29) is 5.91 Å². The van der Waals surface area contributed by atoms with Crippen LogP contribution in [0.3, 0.4) is 0 Å². The van der Waals surface area contributed by atoms with Crippen molar-refractivity contribution in [3.63, 3.8) is 0 Å². The molecular weight excluding hydrogens is 368 g/mol. The van der Waals surface area contributed by atoms with Gasteiger partial charge in [0, 0.05) is 32.2 Å². The molecule has 1 fully saturated rings. The second kappa shape index (κ2) is 7.95. The molecule has 0 saturated carbocycles. The van der Waals surface area contributed by atoms with Crippen LogP contribution in [-0.4, -0.2) is 47.0 Å². The van der Waals surface area contributed by atoms with Gasteiger partial charge in [-0.1, -0.05) is 18.2 Å². The molecule has 150 valence electrons. The third kappa shape index (κ3) is 4.23. The number of para-hydroxylation sites is 1. The van der Waals surface area contributed by atoms with Crippen molar-refractivity contribution >= 4 is 11.7 Å². The molecule has 1 amide bonds. The number of furan rings is 1. The lowest BCUT2D eigenvalue weighted by atomic mass is 10.2. The molecule has 0 unspecified atom stereocenters. The maximum absolute atomic E-state index is 12.8. The number of aromatic nitrogens is 2. The Kier molecular flexibility index (Phi) is 5.20. The van der Waals surface area contributed by atoms with Gasteiger partial charge in [0.1, 0.15) is 28.9 Å². The van der Waals surface area contributed by atoms with Crippen LogP contribution in [0.5, 0.6) is 11.6 Å². The summed E-state index contributed by atoms with van der Waals surface area (Å²) in [6.07, 6.45) is 0. The first-order chi connectivity index (χ1) is 14.0. The highest BCUT2D eigenvalue weighted by molar-refractivity contribution is 5.95. The fourth-order valence-corrected chi connectivity index (χ4v) is 3.50. The fourth-order valence-electron chi connectivity index (χ4n) is 3.50. The van der Waals surface area contributed by atoms with E-state index in [0.29, 0.717) is 49.2 Å². The molecule has 0 radical (unpaired) electrons. The highest BCUT2D eigenvalue weighted by atomic mass is 16.5. The molecule has 2 aromatic heterocycles. The van der Waals surface area contributed by atoms with E-state index < -0.39 is 0 Å². The summed E-state index contributed by atoms with van der Waals surface area (Å²) >= 11 is 0. The third-order valence-corrected chi connectivity index (χ3v) is 4.93. The van der Waals surface area contributed by atoms with Crippen LogP contribution in [0.4, 0.5) is 5.82 Å². The number of hydrogen-bond donors (Lipinski definition) is 0. The van der Waals surface area contributed by atoms with Crippen molar-refractivity contribution < 1.29 is 13.9 Å². The number of anilines is 1. The van der Waals surface area contributed by atoms with Crippen molar-refractivity contribution in [1.82, 2.24) is 14.9 Å². The monoisotopic (exact) mass is 392 g/mol. The first kappa shape index (κ1) is 19.0. The summed E-state index contributed by atoms with van der Waals surface area (Å²) in [6, 6.07) is 13.2. The van der Waals surface area contributed by atoms with Gasteiger partial charge in [-0.05, 0) is 39.0 Å². The van der Waals surface area contributed by atoms with Gasteiger partial charge in [0.15, 0.2) is 0 Å². The molecule has 4 rings (SSSR count). The number of piperazine rings is 1. The average Bonchev–Trinajstić information content (AvgIpc) is 3.06. The van der Waals surface area contributed by atoms with Gasteiger partial charge < -0.3 is 19.0 Å². The van der Waals surface area contributed by atoms with Crippen LogP contribution in [-0.2, 0) is 0 Å². The number of ether oxygens (including phenoxy) is 1. The fraction of sp³-hybridized carbons (Fsp3) is 0.318. The Hall–Kier alpha value is -3.35. The quantitative estimate of drug-likeness (QED) is 0.673. The van der Waals surface area contributed by atoms with E-state index >= 15 is 0 Å². The Labute approximate surface area is 169 Å². The van der Waals surface area contributed by atoms with E-state index in [1.807, 2.05) is 68.1 Å². The zero-order valence-electron chi connectivity index (χ0n) is 16.9. The largest absolute Gasteiger partial charge is 0.466 e. The number of amides is 1. The maximum Gasteiger partial charge on any atom is 0.257 e. The van der Waals surface area contributed by atoms with Crippen molar-refractivity contribution in [3.8, 4) is 11.6 Å². The molecule has 0 spiro atoms. The highest BCUT2D eigenvalue weighted by Gasteiger charge is 2.25. The molecule has 7 nitrogen and oxygen atoms in total. The van der Waals surface area contributed by atoms with Crippen molar-refractivity contribution in [1.29, 1.82) is 0 Å². The number of carbonyl (C=O) groups is 1. The zero-order chi connectivity index (χ0) is 20.4. The number of nitrogens with zero attached hydrogens (tertiary/aromatic N) is 4. The van der Waals surface area contributed by atoms with Gasteiger partial charge >= 0.3 is 0 Å². The summed E-state index contributed by atoms with van der Waals surface area (Å²) < 4.78 is 11.4. The number of benzene rings is 1. The molecule has 7 heteroatoms. The van der Waals surface area contributed by atoms with Gasteiger partial charge in [-0.2, -0.15) is 4.98 Å². The van der Waals surface area contributed by atoms with E-state index in [4.69, 9.17) is 9.15 Å². The standard InChI is InChI=1S/C22H24N4O3/c1-15-13-19(16(2)28-15)22(27)26-11-9-25(10-12-26)20-14-21(24-17(3)23-20)29-18-7-5-4-6-8-18/h4-8,13-14H,9-12H2,1-3H3. The van der Waals surface area contributed by atoms with Crippen molar-refractivity contribution in [3.05, 3.63) is 65.4 Å². The van der Waals surface area contributed by atoms with E-state index in [9.17, 15) is 4.79 Å². The number of carbonyl (C=O) groups excluding carboxylic acids is 1. The normalized spacial score (nSPS) is 14.2. The summed E-state index contributed by atoms with van der Waals surface area (Å²) in [5, 5.41) is 0. The third-order valence-electron chi connectivity index (χ3n) is 4.93. The molecule has 3 aromatic rings. The van der Waals surface area contributed by atoms with E-state index in [1.54, 1.807) is 0 Å². The lowest BCUT2D eigenvalue weighted by Crippen LogP contribution is -2.49. The predicted molar refractivity (Wildman–Crippen MR) is 110 cm³/mol. The Morgan fingerprint density at radius 3 is 2.38 bits per heavy atom. The minimum absolute atomic E-state index is 0.0194. The molecule has 1 aliphatic rings. The minimum atomic E-state index is 0.0194. The first-order valence-electron chi connectivity index (χ1n) is 9.69. The number of hydrogen-bond acceptors (Lipinski definition) is 6. The van der Waals surface area contributed by atoms with Crippen molar-refractivity contribution in [2.45, 2.75) is 20.8 Å². The molecule has 29 heavy (non-hydrogen) atoms. The molecular formula is C22H24N4O3. The first-order valence-corrected chi connectivity index (χ1v) is 9.69. The van der Waals surface area contributed by atoms with E-state index in [0.717, 1.165) is 17.3 Å². The molecule has 1 aromatic carbocycles. The molecule has 3 heterocycles. The lowest BCUT2D eigenvalue weighted by molar-refractivity contribution is 0.0744. The second-order valence-electron chi connectivity index (χ2n) is 7.13. The maximum atomic E-state index is 12.8. The Morgan fingerprint density at radius 1 is 1.00 bits per heavy atom. The second-order valence-corrected chi connectivity index (χ2v) is 7.13. The van der Waals surface area contributed by atoms with Gasteiger partial charge in [0.25, 0.3) is 5.91 Å². The van der Waals surface area contributed by atoms with Crippen LogP contribution in [0.25, 0.3) is 0 Å². The Morgan fingerprint density at radius 2 is 1.72 bits per heavy atom. The molecule has 0 bridgehead atoms. The minimum Gasteiger partial charge on any atom is -0.466 e. The van der Waals surface area contributed by atoms with E-state index in [2.05, 4.69) is 14.9 Å². The summed E-state index contributed by atoms with van der Waals surface area (Å²) in [4.78, 5) is 25.8. The molecule has 1 saturated heterocycles. The van der Waals surface area contributed by atoms with Crippen LogP contribution in [0.15, 0.2) is 46.9 Å². The van der Waals surface area contributed by atoms with Crippen molar-refractivity contribution in [2.24, 2.45) is 0 Å².